The van der Waals surface area contributed by atoms with Crippen LogP contribution in [0.25, 0.3) is 11.5 Å². The monoisotopic (exact) mass is 278 g/mol. The van der Waals surface area contributed by atoms with E-state index in [1.165, 1.54) is 0 Å². The molecule has 0 spiro atoms. The molecule has 2 unspecified atom stereocenters. The Balaban J connectivity index is 1.84. The zero-order valence-electron chi connectivity index (χ0n) is 11.1. The maximum Gasteiger partial charge on any atom is 0.245 e. The fourth-order valence-electron chi connectivity index (χ4n) is 2.42. The van der Waals surface area contributed by atoms with E-state index in [9.17, 15) is 0 Å². The van der Waals surface area contributed by atoms with Crippen LogP contribution >= 0.6 is 11.3 Å². The molecular formula is C12H18N6S. The first-order valence-electron chi connectivity index (χ1n) is 6.52. The first-order chi connectivity index (χ1) is 9.15. The molecule has 1 saturated heterocycles. The molecule has 7 heteroatoms. The molecule has 0 amide bonds. The summed E-state index contributed by atoms with van der Waals surface area (Å²) in [5.41, 5.74) is 6.97. The maximum absolute atomic E-state index is 6.11. The van der Waals surface area contributed by atoms with Crippen molar-refractivity contribution in [3.05, 3.63) is 10.4 Å². The largest absolute Gasteiger partial charge is 0.335 e. The first-order valence-corrected chi connectivity index (χ1v) is 7.40. The number of hydrogen-bond acceptors (Lipinski definition) is 6. The molecule has 2 atom stereocenters. The normalized spacial score (nSPS) is 23.8. The van der Waals surface area contributed by atoms with E-state index < -0.39 is 0 Å². The Morgan fingerprint density at radius 1 is 1.47 bits per heavy atom. The first kappa shape index (κ1) is 12.6. The number of aromatic nitrogens is 4. The lowest BCUT2D eigenvalue weighted by Gasteiger charge is -2.36. The molecule has 1 aliphatic heterocycles. The second kappa shape index (κ2) is 4.90. The fraction of sp³-hybridized carbons (Fsp3) is 0.583. The Morgan fingerprint density at radius 2 is 2.32 bits per heavy atom. The van der Waals surface area contributed by atoms with Crippen molar-refractivity contribution >= 4 is 17.3 Å². The molecule has 3 rings (SSSR count). The van der Waals surface area contributed by atoms with E-state index in [1.807, 2.05) is 12.3 Å². The summed E-state index contributed by atoms with van der Waals surface area (Å²) in [6, 6.07) is 0.465. The Hall–Kier alpha value is -1.47. The smallest absolute Gasteiger partial charge is 0.245 e. The van der Waals surface area contributed by atoms with Crippen molar-refractivity contribution in [2.24, 2.45) is 5.73 Å². The second-order valence-corrected chi connectivity index (χ2v) is 6.04. The summed E-state index contributed by atoms with van der Waals surface area (Å²) in [6.07, 6.45) is 2.16. The number of nitrogens with one attached hydrogen (secondary N) is 1. The van der Waals surface area contributed by atoms with Gasteiger partial charge >= 0.3 is 0 Å². The lowest BCUT2D eigenvalue weighted by molar-refractivity contribution is 0.416. The molecular weight excluding hydrogens is 260 g/mol. The van der Waals surface area contributed by atoms with E-state index in [0.29, 0.717) is 0 Å². The zero-order chi connectivity index (χ0) is 13.4. The highest BCUT2D eigenvalue weighted by molar-refractivity contribution is 7.09. The minimum absolute atomic E-state index is 0.192. The summed E-state index contributed by atoms with van der Waals surface area (Å²) in [5, 5.41) is 10.3. The van der Waals surface area contributed by atoms with Crippen LogP contribution in [-0.2, 0) is 0 Å². The van der Waals surface area contributed by atoms with Crippen LogP contribution in [-0.4, -0.2) is 38.8 Å². The number of aryl methyl sites for hydroxylation is 1. The number of anilines is 1. The van der Waals surface area contributed by atoms with Crippen molar-refractivity contribution in [3.63, 3.8) is 0 Å². The number of hydrogen-bond donors (Lipinski definition) is 2. The lowest BCUT2D eigenvalue weighted by Crippen LogP contribution is -2.50. The lowest BCUT2D eigenvalue weighted by atomic mass is 9.99. The second-order valence-electron chi connectivity index (χ2n) is 4.98. The van der Waals surface area contributed by atoms with Crippen molar-refractivity contribution in [2.45, 2.75) is 38.8 Å². The minimum Gasteiger partial charge on any atom is -0.335 e. The number of thiazole rings is 1. The van der Waals surface area contributed by atoms with E-state index in [2.05, 4.69) is 32.0 Å². The summed E-state index contributed by atoms with van der Waals surface area (Å²) < 4.78 is 0. The average Bonchev–Trinajstić information content (AvgIpc) is 3.01. The molecule has 1 fully saturated rings. The number of H-pyrrole nitrogens is 1. The van der Waals surface area contributed by atoms with E-state index in [4.69, 9.17) is 5.73 Å². The number of nitrogens with zero attached hydrogens (tertiary/aromatic N) is 4. The number of piperidine rings is 1. The van der Waals surface area contributed by atoms with Gasteiger partial charge in [0.15, 0.2) is 5.82 Å². The van der Waals surface area contributed by atoms with Crippen molar-refractivity contribution in [1.29, 1.82) is 0 Å². The highest BCUT2D eigenvalue weighted by Gasteiger charge is 2.27. The zero-order valence-corrected chi connectivity index (χ0v) is 11.9. The summed E-state index contributed by atoms with van der Waals surface area (Å²) >= 11 is 1.61. The molecule has 19 heavy (non-hydrogen) atoms. The van der Waals surface area contributed by atoms with Gasteiger partial charge in [-0.15, -0.1) is 16.4 Å². The van der Waals surface area contributed by atoms with Crippen LogP contribution in [0.3, 0.4) is 0 Å². The summed E-state index contributed by atoms with van der Waals surface area (Å²) in [4.78, 5) is 11.1. The van der Waals surface area contributed by atoms with Gasteiger partial charge in [0, 0.05) is 24.0 Å². The fourth-order valence-corrected chi connectivity index (χ4v) is 3.02. The molecule has 2 aromatic heterocycles. The molecule has 0 saturated carbocycles. The van der Waals surface area contributed by atoms with Crippen LogP contribution in [0.4, 0.5) is 5.95 Å². The number of rotatable bonds is 2. The Labute approximate surface area is 116 Å². The molecule has 1 aliphatic rings. The Kier molecular flexibility index (Phi) is 3.24. The molecule has 102 valence electrons. The molecule has 0 aliphatic carbocycles. The predicted octanol–water partition coefficient (Wildman–Crippen LogP) is 1.55. The molecule has 0 aromatic carbocycles. The highest BCUT2D eigenvalue weighted by Crippen LogP contribution is 2.24. The Bertz CT molecular complexity index is 562. The van der Waals surface area contributed by atoms with Gasteiger partial charge in [-0.3, -0.25) is 5.10 Å². The maximum atomic E-state index is 6.11. The molecule has 2 aromatic rings. The van der Waals surface area contributed by atoms with Gasteiger partial charge in [-0.1, -0.05) is 0 Å². The summed E-state index contributed by atoms with van der Waals surface area (Å²) in [5.74, 6) is 1.45. The summed E-state index contributed by atoms with van der Waals surface area (Å²) in [6.45, 7) is 5.08. The van der Waals surface area contributed by atoms with Crippen LogP contribution in [0.1, 0.15) is 24.8 Å². The van der Waals surface area contributed by atoms with Gasteiger partial charge in [0.1, 0.15) is 5.69 Å². The number of aromatic amines is 1. The molecule has 0 bridgehead atoms. The van der Waals surface area contributed by atoms with Crippen molar-refractivity contribution in [1.82, 2.24) is 20.2 Å². The highest BCUT2D eigenvalue weighted by atomic mass is 32.1. The third-order valence-corrected chi connectivity index (χ3v) is 4.41. The van der Waals surface area contributed by atoms with E-state index in [1.54, 1.807) is 11.3 Å². The van der Waals surface area contributed by atoms with E-state index >= 15 is 0 Å². The standard InChI is InChI=1S/C12H18N6S/c1-7-9(13)4-3-5-18(7)12-15-11(16-17-12)10-6-19-8(2)14-10/h6-7,9H,3-5,13H2,1-2H3,(H,15,16,17). The topological polar surface area (TPSA) is 83.7 Å². The molecule has 6 nitrogen and oxygen atoms in total. The molecule has 0 radical (unpaired) electrons. The molecule has 3 N–H and O–H groups in total. The van der Waals surface area contributed by atoms with Gasteiger partial charge in [0.05, 0.1) is 5.01 Å². The van der Waals surface area contributed by atoms with Crippen molar-refractivity contribution in [3.8, 4) is 11.5 Å². The van der Waals surface area contributed by atoms with Crippen molar-refractivity contribution < 1.29 is 0 Å². The van der Waals surface area contributed by atoms with Gasteiger partial charge in [0.25, 0.3) is 0 Å². The van der Waals surface area contributed by atoms with E-state index in [-0.39, 0.29) is 12.1 Å². The third kappa shape index (κ3) is 2.35. The van der Waals surface area contributed by atoms with E-state index in [0.717, 1.165) is 41.9 Å². The Morgan fingerprint density at radius 3 is 3.05 bits per heavy atom. The minimum atomic E-state index is 0.192. The van der Waals surface area contributed by atoms with Gasteiger partial charge < -0.3 is 10.6 Å². The average molecular weight is 278 g/mol. The van der Waals surface area contributed by atoms with Gasteiger partial charge in [-0.05, 0) is 26.7 Å². The van der Waals surface area contributed by atoms with Gasteiger partial charge in [-0.2, -0.15) is 4.98 Å². The van der Waals surface area contributed by atoms with Crippen LogP contribution in [0.5, 0.6) is 0 Å². The van der Waals surface area contributed by atoms with Gasteiger partial charge in [-0.25, -0.2) is 4.98 Å². The number of nitrogens with two attached hydrogens (primary N) is 1. The molecule has 3 heterocycles. The van der Waals surface area contributed by atoms with Crippen molar-refractivity contribution in [2.75, 3.05) is 11.4 Å². The van der Waals surface area contributed by atoms with Crippen LogP contribution in [0.2, 0.25) is 0 Å². The van der Waals surface area contributed by atoms with Crippen LogP contribution < -0.4 is 10.6 Å². The quantitative estimate of drug-likeness (QED) is 0.871. The van der Waals surface area contributed by atoms with Crippen LogP contribution in [0.15, 0.2) is 5.38 Å². The van der Waals surface area contributed by atoms with Gasteiger partial charge in [0.2, 0.25) is 5.95 Å². The predicted molar refractivity (Wildman–Crippen MR) is 76.2 cm³/mol. The third-order valence-electron chi connectivity index (χ3n) is 3.64. The SMILES string of the molecule is Cc1nc(-c2nc(N3CCCC(N)C3C)n[nH]2)cs1. The van der Waals surface area contributed by atoms with Crippen LogP contribution in [0, 0.1) is 6.92 Å². The summed E-state index contributed by atoms with van der Waals surface area (Å²) in [7, 11) is 0.